The van der Waals surface area contributed by atoms with Crippen LogP contribution >= 0.6 is 0 Å². The lowest BCUT2D eigenvalue weighted by atomic mass is 10.3. The summed E-state index contributed by atoms with van der Waals surface area (Å²) in [4.78, 5) is 1.86. The van der Waals surface area contributed by atoms with Crippen molar-refractivity contribution in [3.63, 3.8) is 0 Å². The minimum Gasteiger partial charge on any atom is -0.395 e. The van der Waals surface area contributed by atoms with Gasteiger partial charge >= 0.3 is 0 Å². The normalized spacial score (nSPS) is 13.6. The van der Waals surface area contributed by atoms with Crippen molar-refractivity contribution in [1.29, 1.82) is 0 Å². The van der Waals surface area contributed by atoms with Crippen LogP contribution in [0.25, 0.3) is 0 Å². The van der Waals surface area contributed by atoms with E-state index < -0.39 is 6.29 Å². The van der Waals surface area contributed by atoms with Gasteiger partial charge in [-0.05, 0) is 0 Å². The summed E-state index contributed by atoms with van der Waals surface area (Å²) >= 11 is 0. The SMILES string of the molecule is COC(O)CCN(CCO)CCO. The van der Waals surface area contributed by atoms with Crippen LogP contribution < -0.4 is 0 Å². The minimum absolute atomic E-state index is 0.0586. The zero-order valence-corrected chi connectivity index (χ0v) is 8.02. The van der Waals surface area contributed by atoms with E-state index >= 15 is 0 Å². The Morgan fingerprint density at radius 1 is 1.15 bits per heavy atom. The standard InChI is InChI=1S/C8H19NO4/c1-13-8(12)2-3-9(4-6-10)5-7-11/h8,10-12H,2-7H2,1H3. The molecule has 5 heteroatoms. The van der Waals surface area contributed by atoms with Gasteiger partial charge in [-0.25, -0.2) is 0 Å². The Labute approximate surface area is 78.5 Å². The van der Waals surface area contributed by atoms with Gasteiger partial charge in [-0.15, -0.1) is 0 Å². The quantitative estimate of drug-likeness (QED) is 0.415. The lowest BCUT2D eigenvalue weighted by molar-refractivity contribution is -0.0826. The number of nitrogens with zero attached hydrogens (tertiary/aromatic N) is 1. The summed E-state index contributed by atoms with van der Waals surface area (Å²) in [6.45, 7) is 1.75. The van der Waals surface area contributed by atoms with Crippen molar-refractivity contribution in [3.05, 3.63) is 0 Å². The lowest BCUT2D eigenvalue weighted by Crippen LogP contribution is -2.32. The van der Waals surface area contributed by atoms with Crippen molar-refractivity contribution in [2.75, 3.05) is 40.0 Å². The predicted molar refractivity (Wildman–Crippen MR) is 48.2 cm³/mol. The molecule has 1 atom stereocenters. The van der Waals surface area contributed by atoms with Crippen molar-refractivity contribution in [1.82, 2.24) is 4.90 Å². The summed E-state index contributed by atoms with van der Waals surface area (Å²) in [5, 5.41) is 26.4. The molecule has 0 aromatic rings. The molecular weight excluding hydrogens is 174 g/mol. The maximum Gasteiger partial charge on any atom is 0.155 e. The van der Waals surface area contributed by atoms with Gasteiger partial charge < -0.3 is 20.1 Å². The number of aliphatic hydroxyl groups excluding tert-OH is 3. The molecule has 0 aliphatic carbocycles. The lowest BCUT2D eigenvalue weighted by Gasteiger charge is -2.21. The molecule has 3 N–H and O–H groups in total. The van der Waals surface area contributed by atoms with Crippen LogP contribution in [0, 0.1) is 0 Å². The summed E-state index contributed by atoms with van der Waals surface area (Å²) < 4.78 is 4.66. The van der Waals surface area contributed by atoms with Gasteiger partial charge in [-0.1, -0.05) is 0 Å². The fourth-order valence-electron chi connectivity index (χ4n) is 1.03. The Hall–Kier alpha value is -0.200. The van der Waals surface area contributed by atoms with Crippen molar-refractivity contribution in [2.45, 2.75) is 12.7 Å². The topological polar surface area (TPSA) is 73.2 Å². The first-order valence-corrected chi connectivity index (χ1v) is 4.39. The van der Waals surface area contributed by atoms with E-state index in [1.165, 1.54) is 7.11 Å². The van der Waals surface area contributed by atoms with Crippen molar-refractivity contribution >= 4 is 0 Å². The highest BCUT2D eigenvalue weighted by molar-refractivity contribution is 4.57. The zero-order chi connectivity index (χ0) is 10.1. The Morgan fingerprint density at radius 2 is 1.69 bits per heavy atom. The second-order valence-corrected chi connectivity index (χ2v) is 2.77. The molecule has 0 aliphatic heterocycles. The van der Waals surface area contributed by atoms with E-state index in [0.717, 1.165) is 0 Å². The number of hydrogen-bond acceptors (Lipinski definition) is 5. The van der Waals surface area contributed by atoms with Crippen LogP contribution in [0.15, 0.2) is 0 Å². The molecule has 0 rings (SSSR count). The molecule has 0 amide bonds. The highest BCUT2D eigenvalue weighted by atomic mass is 16.6. The van der Waals surface area contributed by atoms with Gasteiger partial charge in [-0.2, -0.15) is 0 Å². The van der Waals surface area contributed by atoms with Crippen LogP contribution in [0.5, 0.6) is 0 Å². The molecule has 0 aromatic heterocycles. The third kappa shape index (κ3) is 6.92. The molecule has 0 spiro atoms. The molecular formula is C8H19NO4. The largest absolute Gasteiger partial charge is 0.395 e. The van der Waals surface area contributed by atoms with E-state index in [1.807, 2.05) is 4.90 Å². The second-order valence-electron chi connectivity index (χ2n) is 2.77. The van der Waals surface area contributed by atoms with E-state index in [1.54, 1.807) is 0 Å². The molecule has 0 saturated carbocycles. The Kier molecular flexibility index (Phi) is 8.27. The van der Waals surface area contributed by atoms with E-state index in [0.29, 0.717) is 26.1 Å². The van der Waals surface area contributed by atoms with Gasteiger partial charge in [-0.3, -0.25) is 4.90 Å². The Morgan fingerprint density at radius 3 is 2.08 bits per heavy atom. The van der Waals surface area contributed by atoms with Gasteiger partial charge in [0.2, 0.25) is 0 Å². The predicted octanol–water partition coefficient (Wildman–Crippen LogP) is -1.37. The van der Waals surface area contributed by atoms with Crippen molar-refractivity contribution in [3.8, 4) is 0 Å². The van der Waals surface area contributed by atoms with Crippen LogP contribution in [0.2, 0.25) is 0 Å². The zero-order valence-electron chi connectivity index (χ0n) is 8.02. The third-order valence-corrected chi connectivity index (χ3v) is 1.80. The van der Waals surface area contributed by atoms with E-state index in [2.05, 4.69) is 4.74 Å². The van der Waals surface area contributed by atoms with Gasteiger partial charge in [0.15, 0.2) is 6.29 Å². The number of ether oxygens (including phenoxy) is 1. The van der Waals surface area contributed by atoms with Crippen LogP contribution in [0.3, 0.4) is 0 Å². The average molecular weight is 193 g/mol. The summed E-state index contributed by atoms with van der Waals surface area (Å²) in [6, 6.07) is 0. The molecule has 5 nitrogen and oxygen atoms in total. The molecule has 1 unspecified atom stereocenters. The fraction of sp³-hybridized carbons (Fsp3) is 1.00. The minimum atomic E-state index is -0.764. The fourth-order valence-corrected chi connectivity index (χ4v) is 1.03. The van der Waals surface area contributed by atoms with Crippen LogP contribution in [-0.4, -0.2) is 66.5 Å². The number of rotatable bonds is 8. The maximum atomic E-state index is 9.07. The van der Waals surface area contributed by atoms with Crippen molar-refractivity contribution in [2.24, 2.45) is 0 Å². The summed E-state index contributed by atoms with van der Waals surface area (Å²) in [7, 11) is 1.44. The molecule has 0 aromatic carbocycles. The monoisotopic (exact) mass is 193 g/mol. The number of aliphatic hydroxyl groups is 3. The molecule has 0 fully saturated rings. The second kappa shape index (κ2) is 8.40. The molecule has 13 heavy (non-hydrogen) atoms. The maximum absolute atomic E-state index is 9.07. The summed E-state index contributed by atoms with van der Waals surface area (Å²) in [5.74, 6) is 0. The molecule has 80 valence electrons. The van der Waals surface area contributed by atoms with Crippen molar-refractivity contribution < 1.29 is 20.1 Å². The molecule has 0 bridgehead atoms. The summed E-state index contributed by atoms with van der Waals surface area (Å²) in [5.41, 5.74) is 0. The summed E-state index contributed by atoms with van der Waals surface area (Å²) in [6.07, 6.45) is -0.281. The van der Waals surface area contributed by atoms with Gasteiger partial charge in [0.25, 0.3) is 0 Å². The smallest absolute Gasteiger partial charge is 0.155 e. The molecule has 0 radical (unpaired) electrons. The van der Waals surface area contributed by atoms with Gasteiger partial charge in [0, 0.05) is 33.2 Å². The first-order chi connectivity index (χ1) is 6.24. The molecule has 0 saturated heterocycles. The number of methoxy groups -OCH3 is 1. The molecule has 0 aliphatic rings. The van der Waals surface area contributed by atoms with Gasteiger partial charge in [0.1, 0.15) is 0 Å². The first-order valence-electron chi connectivity index (χ1n) is 4.39. The van der Waals surface area contributed by atoms with Gasteiger partial charge in [0.05, 0.1) is 13.2 Å². The van der Waals surface area contributed by atoms with Crippen LogP contribution in [0.1, 0.15) is 6.42 Å². The average Bonchev–Trinajstić information content (AvgIpc) is 2.14. The molecule has 0 heterocycles. The van der Waals surface area contributed by atoms with Crippen LogP contribution in [0.4, 0.5) is 0 Å². The van der Waals surface area contributed by atoms with E-state index in [9.17, 15) is 0 Å². The van der Waals surface area contributed by atoms with E-state index in [4.69, 9.17) is 15.3 Å². The highest BCUT2D eigenvalue weighted by Crippen LogP contribution is 1.96. The third-order valence-electron chi connectivity index (χ3n) is 1.80. The van der Waals surface area contributed by atoms with E-state index in [-0.39, 0.29) is 13.2 Å². The first kappa shape index (κ1) is 12.8. The van der Waals surface area contributed by atoms with Crippen LogP contribution in [-0.2, 0) is 4.74 Å². The Bertz CT molecular complexity index is 106. The highest BCUT2D eigenvalue weighted by Gasteiger charge is 2.06. The number of hydrogen-bond donors (Lipinski definition) is 3. The Balaban J connectivity index is 3.55.